The van der Waals surface area contributed by atoms with Gasteiger partial charge in [0.15, 0.2) is 0 Å². The van der Waals surface area contributed by atoms with Crippen LogP contribution in [0.2, 0.25) is 0 Å². The largest absolute Gasteiger partial charge is 0.497 e. The van der Waals surface area contributed by atoms with Gasteiger partial charge in [0.25, 0.3) is 0 Å². The summed E-state index contributed by atoms with van der Waals surface area (Å²) in [4.78, 5) is 24.6. The highest BCUT2D eigenvalue weighted by atomic mass is 32.2. The van der Waals surface area contributed by atoms with Crippen LogP contribution in [-0.4, -0.2) is 54.2 Å². The lowest BCUT2D eigenvalue weighted by Crippen LogP contribution is -2.51. The summed E-state index contributed by atoms with van der Waals surface area (Å²) in [5.41, 5.74) is 6.48. The van der Waals surface area contributed by atoms with E-state index < -0.39 is 21.5 Å². The number of carbonyl (C=O) groups is 2. The Morgan fingerprint density at radius 1 is 1.06 bits per heavy atom. The topological polar surface area (TPSA) is 117 Å². The van der Waals surface area contributed by atoms with Gasteiger partial charge in [0.2, 0.25) is 11.8 Å². The Morgan fingerprint density at radius 3 is 2.28 bits per heavy atom. The monoisotopic (exact) mass is 460 g/mol. The molecule has 8 nitrogen and oxygen atoms in total. The van der Waals surface area contributed by atoms with Gasteiger partial charge >= 0.3 is 0 Å². The number of nitrogens with two attached hydrogens (primary N) is 1. The molecule has 1 aliphatic heterocycles. The zero-order valence-corrected chi connectivity index (χ0v) is 18.8. The minimum Gasteiger partial charge on any atom is -0.497 e. The lowest BCUT2D eigenvalue weighted by atomic mass is 9.98. The molecule has 9 heteroatoms. The van der Waals surface area contributed by atoms with Crippen LogP contribution in [-0.2, 0) is 31.5 Å². The Labute approximate surface area is 189 Å². The molecule has 0 bridgehead atoms. The van der Waals surface area contributed by atoms with Gasteiger partial charge in [-0.25, -0.2) is 0 Å². The normalized spacial score (nSPS) is 16.0. The van der Waals surface area contributed by atoms with E-state index in [4.69, 9.17) is 19.9 Å². The highest BCUT2D eigenvalue weighted by molar-refractivity contribution is 7.87. The predicted molar refractivity (Wildman–Crippen MR) is 120 cm³/mol. The first-order valence-electron chi connectivity index (χ1n) is 10.4. The van der Waals surface area contributed by atoms with E-state index in [1.54, 1.807) is 31.4 Å². The average molecular weight is 461 g/mol. The van der Waals surface area contributed by atoms with E-state index in [1.807, 2.05) is 24.3 Å². The number of carbonyl (C=O) groups excluding carboxylic acids is 2. The summed E-state index contributed by atoms with van der Waals surface area (Å²) in [6, 6.07) is 14.1. The highest BCUT2D eigenvalue weighted by Crippen LogP contribution is 2.32. The van der Waals surface area contributed by atoms with Crippen molar-refractivity contribution >= 4 is 22.6 Å². The van der Waals surface area contributed by atoms with E-state index in [0.717, 1.165) is 11.3 Å². The molecule has 1 unspecified atom stereocenters. The van der Waals surface area contributed by atoms with Crippen molar-refractivity contribution in [2.75, 3.05) is 33.5 Å². The Hall–Kier alpha value is -2.91. The van der Waals surface area contributed by atoms with Crippen LogP contribution in [0, 0.1) is 0 Å². The second-order valence-electron chi connectivity index (χ2n) is 7.43. The summed E-state index contributed by atoms with van der Waals surface area (Å²) < 4.78 is 28.0. The first-order valence-corrected chi connectivity index (χ1v) is 11.5. The van der Waals surface area contributed by atoms with Crippen molar-refractivity contribution in [1.82, 2.24) is 5.32 Å². The van der Waals surface area contributed by atoms with E-state index in [9.17, 15) is 13.8 Å². The number of nitrogens with one attached hydrogen (secondary N) is 1. The molecular weight excluding hydrogens is 432 g/mol. The maximum absolute atomic E-state index is 13.1. The summed E-state index contributed by atoms with van der Waals surface area (Å²) in [7, 11) is 0.0185. The third-order valence-electron chi connectivity index (χ3n) is 5.36. The zero-order chi connectivity index (χ0) is 23.0. The van der Waals surface area contributed by atoms with Gasteiger partial charge < -0.3 is 25.3 Å². The van der Waals surface area contributed by atoms with E-state index in [-0.39, 0.29) is 12.3 Å². The van der Waals surface area contributed by atoms with E-state index in [2.05, 4.69) is 5.32 Å². The SMILES string of the molecule is COc1ccc(CC(=O)NCCOc2ccc(S(=O)C3(C(N)=O)CCOCC3)cc2)cc1. The number of hydrogen-bond donors (Lipinski definition) is 2. The number of amides is 2. The van der Waals surface area contributed by atoms with Gasteiger partial charge in [0, 0.05) is 18.1 Å². The molecule has 0 aromatic heterocycles. The van der Waals surface area contributed by atoms with Crippen molar-refractivity contribution < 1.29 is 28.0 Å². The molecule has 0 radical (unpaired) electrons. The standard InChI is InChI=1S/C23H28N2O6S/c1-29-18-4-2-17(3-5-18)16-21(26)25-12-15-31-19-6-8-20(9-7-19)32(28)23(22(24)27)10-13-30-14-11-23/h2-9H,10-16H2,1H3,(H2,24,27)(H,25,26). The van der Waals surface area contributed by atoms with Crippen molar-refractivity contribution in [2.45, 2.75) is 28.9 Å². The fourth-order valence-electron chi connectivity index (χ4n) is 3.46. The molecule has 2 amide bonds. The first-order chi connectivity index (χ1) is 15.4. The second kappa shape index (κ2) is 11.1. The molecule has 0 aliphatic carbocycles. The number of benzene rings is 2. The number of methoxy groups -OCH3 is 1. The highest BCUT2D eigenvalue weighted by Gasteiger charge is 2.45. The lowest BCUT2D eigenvalue weighted by molar-refractivity contribution is -0.123. The summed E-state index contributed by atoms with van der Waals surface area (Å²) in [6.45, 7) is 1.37. The summed E-state index contributed by atoms with van der Waals surface area (Å²) in [6.07, 6.45) is 0.948. The van der Waals surface area contributed by atoms with Crippen molar-refractivity contribution in [3.63, 3.8) is 0 Å². The fourth-order valence-corrected chi connectivity index (χ4v) is 5.01. The molecule has 1 saturated heterocycles. The van der Waals surface area contributed by atoms with Gasteiger partial charge in [0.1, 0.15) is 22.9 Å². The quantitative estimate of drug-likeness (QED) is 0.520. The van der Waals surface area contributed by atoms with Gasteiger partial charge in [0.05, 0.1) is 30.9 Å². The van der Waals surface area contributed by atoms with Gasteiger partial charge in [-0.1, -0.05) is 12.1 Å². The fraction of sp³-hybridized carbons (Fsp3) is 0.391. The van der Waals surface area contributed by atoms with Crippen LogP contribution in [0.4, 0.5) is 0 Å². The van der Waals surface area contributed by atoms with Crippen LogP contribution in [0.3, 0.4) is 0 Å². The summed E-state index contributed by atoms with van der Waals surface area (Å²) in [5.74, 6) is 0.660. The lowest BCUT2D eigenvalue weighted by Gasteiger charge is -2.33. The minimum absolute atomic E-state index is 0.0993. The number of hydrogen-bond acceptors (Lipinski definition) is 6. The summed E-state index contributed by atoms with van der Waals surface area (Å²) >= 11 is 0. The number of rotatable bonds is 10. The van der Waals surface area contributed by atoms with Crippen molar-refractivity contribution in [3.05, 3.63) is 54.1 Å². The Bertz CT molecular complexity index is 940. The van der Waals surface area contributed by atoms with E-state index >= 15 is 0 Å². The maximum Gasteiger partial charge on any atom is 0.236 e. The van der Waals surface area contributed by atoms with Crippen LogP contribution in [0.5, 0.6) is 11.5 Å². The maximum atomic E-state index is 13.1. The number of primary amides is 1. The molecule has 3 N–H and O–H groups in total. The van der Waals surface area contributed by atoms with Gasteiger partial charge in [-0.3, -0.25) is 13.8 Å². The zero-order valence-electron chi connectivity index (χ0n) is 18.0. The molecule has 1 aliphatic rings. The average Bonchev–Trinajstić information content (AvgIpc) is 2.82. The third kappa shape index (κ3) is 5.86. The van der Waals surface area contributed by atoms with Gasteiger partial charge in [-0.2, -0.15) is 0 Å². The molecule has 1 fully saturated rings. The molecular formula is C23H28N2O6S. The first kappa shape index (κ1) is 23.7. The van der Waals surface area contributed by atoms with Crippen molar-refractivity contribution in [3.8, 4) is 11.5 Å². The van der Waals surface area contributed by atoms with Crippen molar-refractivity contribution in [1.29, 1.82) is 0 Å². The summed E-state index contributed by atoms with van der Waals surface area (Å²) in [5, 5.41) is 2.81. The van der Waals surface area contributed by atoms with Crippen molar-refractivity contribution in [2.24, 2.45) is 5.73 Å². The molecule has 32 heavy (non-hydrogen) atoms. The van der Waals surface area contributed by atoms with Crippen LogP contribution in [0.15, 0.2) is 53.4 Å². The Morgan fingerprint density at radius 2 is 1.69 bits per heavy atom. The predicted octanol–water partition coefficient (Wildman–Crippen LogP) is 1.58. The molecule has 2 aromatic rings. The minimum atomic E-state index is -1.58. The molecule has 0 spiro atoms. The Kier molecular flexibility index (Phi) is 8.24. The molecule has 2 aromatic carbocycles. The Balaban J connectivity index is 1.45. The smallest absolute Gasteiger partial charge is 0.236 e. The van der Waals surface area contributed by atoms with Crippen LogP contribution in [0.25, 0.3) is 0 Å². The molecule has 0 saturated carbocycles. The van der Waals surface area contributed by atoms with E-state index in [1.165, 1.54) is 0 Å². The van der Waals surface area contributed by atoms with Gasteiger partial charge in [-0.05, 0) is 54.8 Å². The molecule has 1 heterocycles. The van der Waals surface area contributed by atoms with Crippen LogP contribution < -0.4 is 20.5 Å². The van der Waals surface area contributed by atoms with Crippen LogP contribution >= 0.6 is 0 Å². The van der Waals surface area contributed by atoms with E-state index in [0.29, 0.717) is 49.9 Å². The number of ether oxygens (including phenoxy) is 3. The third-order valence-corrected chi connectivity index (χ3v) is 7.38. The molecule has 172 valence electrons. The molecule has 1 atom stereocenters. The van der Waals surface area contributed by atoms with Crippen LogP contribution in [0.1, 0.15) is 18.4 Å². The van der Waals surface area contributed by atoms with Gasteiger partial charge in [-0.15, -0.1) is 0 Å². The molecule has 3 rings (SSSR count). The second-order valence-corrected chi connectivity index (χ2v) is 9.22.